The Bertz CT molecular complexity index is 1210. The lowest BCUT2D eigenvalue weighted by Gasteiger charge is -1.95. The lowest BCUT2D eigenvalue weighted by molar-refractivity contribution is 0.0697. The van der Waals surface area contributed by atoms with Gasteiger partial charge in [-0.2, -0.15) is 0 Å². The number of carboxylic acid groups (broad SMARTS) is 1. The first-order valence-electron chi connectivity index (χ1n) is 9.53. The van der Waals surface area contributed by atoms with E-state index in [1.54, 1.807) is 34.8 Å². The van der Waals surface area contributed by atoms with Gasteiger partial charge in [-0.15, -0.1) is 22.7 Å². The number of rotatable bonds is 6. The van der Waals surface area contributed by atoms with Crippen molar-refractivity contribution in [3.05, 3.63) is 105 Å². The molecule has 2 aromatic heterocycles. The summed E-state index contributed by atoms with van der Waals surface area (Å²) >= 11 is 3.53. The van der Waals surface area contributed by atoms with Gasteiger partial charge in [0.1, 0.15) is 0 Å². The Morgan fingerprint density at radius 2 is 1.13 bits per heavy atom. The molecule has 0 fully saturated rings. The Hall–Kier alpha value is -3.21. The molecule has 0 unspecified atom stereocenters. The summed E-state index contributed by atoms with van der Waals surface area (Å²) in [4.78, 5) is 15.8. The van der Waals surface area contributed by atoms with Crippen LogP contribution in [-0.2, 0) is 0 Å². The second-order valence-electron chi connectivity index (χ2n) is 6.91. The van der Waals surface area contributed by atoms with Gasteiger partial charge in [0.15, 0.2) is 0 Å². The third-order valence-electron chi connectivity index (χ3n) is 4.61. The molecule has 0 amide bonds. The molecule has 4 heteroatoms. The van der Waals surface area contributed by atoms with E-state index in [9.17, 15) is 4.79 Å². The van der Waals surface area contributed by atoms with Crippen LogP contribution in [0.4, 0.5) is 0 Å². The van der Waals surface area contributed by atoms with Crippen LogP contribution < -0.4 is 0 Å². The molecule has 0 radical (unpaired) electrons. The van der Waals surface area contributed by atoms with E-state index in [0.717, 1.165) is 10.4 Å². The molecule has 2 aromatic carbocycles. The topological polar surface area (TPSA) is 37.3 Å². The predicted molar refractivity (Wildman–Crippen MR) is 130 cm³/mol. The first-order valence-corrected chi connectivity index (χ1v) is 11.2. The van der Waals surface area contributed by atoms with E-state index in [1.165, 1.54) is 25.8 Å². The number of carbonyl (C=O) groups is 1. The number of hydrogen-bond acceptors (Lipinski definition) is 3. The van der Waals surface area contributed by atoms with Gasteiger partial charge in [0.25, 0.3) is 0 Å². The minimum absolute atomic E-state index is 0.301. The van der Waals surface area contributed by atoms with E-state index in [1.807, 2.05) is 18.2 Å². The zero-order valence-corrected chi connectivity index (χ0v) is 18.0. The molecule has 4 rings (SSSR count). The monoisotopic (exact) mass is 428 g/mol. The maximum atomic E-state index is 10.9. The number of carboxylic acids is 1. The summed E-state index contributed by atoms with van der Waals surface area (Å²) in [5, 5.41) is 8.98. The zero-order chi connectivity index (χ0) is 20.9. The van der Waals surface area contributed by atoms with E-state index in [-0.39, 0.29) is 0 Å². The van der Waals surface area contributed by atoms with Crippen LogP contribution in [0.5, 0.6) is 0 Å². The van der Waals surface area contributed by atoms with E-state index in [4.69, 9.17) is 5.11 Å². The van der Waals surface area contributed by atoms with Gasteiger partial charge in [-0.3, -0.25) is 0 Å². The molecule has 0 bridgehead atoms. The molecule has 0 aliphatic carbocycles. The quantitative estimate of drug-likeness (QED) is 0.340. The fourth-order valence-electron chi connectivity index (χ4n) is 2.92. The van der Waals surface area contributed by atoms with Gasteiger partial charge in [-0.25, -0.2) is 4.79 Å². The molecule has 0 saturated carbocycles. The smallest absolute Gasteiger partial charge is 0.335 e. The van der Waals surface area contributed by atoms with Crippen LogP contribution in [0.1, 0.15) is 36.8 Å². The fraction of sp³-hybridized carbons (Fsp3) is 0.0385. The Balaban J connectivity index is 1.43. The summed E-state index contributed by atoms with van der Waals surface area (Å²) in [5.74, 6) is -0.905. The minimum atomic E-state index is -0.905. The van der Waals surface area contributed by atoms with Gasteiger partial charge in [-0.1, -0.05) is 54.1 Å². The van der Waals surface area contributed by atoms with E-state index >= 15 is 0 Å². The number of benzene rings is 2. The van der Waals surface area contributed by atoms with E-state index in [2.05, 4.69) is 73.7 Å². The van der Waals surface area contributed by atoms with Gasteiger partial charge < -0.3 is 5.11 Å². The van der Waals surface area contributed by atoms with Gasteiger partial charge in [0.2, 0.25) is 0 Å². The van der Waals surface area contributed by atoms with Crippen LogP contribution in [0, 0.1) is 6.92 Å². The lowest BCUT2D eigenvalue weighted by atomic mass is 10.1. The van der Waals surface area contributed by atoms with Crippen LogP contribution in [0.3, 0.4) is 0 Å². The normalized spacial score (nSPS) is 11.5. The SMILES string of the molecule is Cc1ccc(/C=C/c2ccc(-c3ccc(/C=C/c4ccc(C(=O)O)cc4)s3)s2)cc1. The fourth-order valence-corrected chi connectivity index (χ4v) is 4.83. The number of hydrogen-bond donors (Lipinski definition) is 1. The molecular weight excluding hydrogens is 408 g/mol. The average molecular weight is 429 g/mol. The first kappa shape index (κ1) is 20.1. The molecule has 2 nitrogen and oxygen atoms in total. The van der Waals surface area contributed by atoms with Crippen molar-refractivity contribution in [3.8, 4) is 9.75 Å². The summed E-state index contributed by atoms with van der Waals surface area (Å²) in [7, 11) is 0. The second kappa shape index (κ2) is 9.08. The van der Waals surface area contributed by atoms with E-state index in [0.29, 0.717) is 5.56 Å². The standard InChI is InChI=1S/C26H20O2S2/c1-18-2-4-19(5-3-18)8-12-22-14-16-24(29-22)25-17-15-23(30-25)13-9-20-6-10-21(11-7-20)26(27)28/h2-17H,1H3,(H,27,28)/b12-8+,13-9+. The summed E-state index contributed by atoms with van der Waals surface area (Å²) in [6, 6.07) is 24.0. The van der Waals surface area contributed by atoms with Crippen molar-refractivity contribution in [1.29, 1.82) is 0 Å². The zero-order valence-electron chi connectivity index (χ0n) is 16.4. The van der Waals surface area contributed by atoms with Crippen molar-refractivity contribution in [2.45, 2.75) is 6.92 Å². The molecular formula is C26H20O2S2. The summed E-state index contributed by atoms with van der Waals surface area (Å²) < 4.78 is 0. The molecule has 2 heterocycles. The van der Waals surface area contributed by atoms with E-state index < -0.39 is 5.97 Å². The average Bonchev–Trinajstić information content (AvgIpc) is 3.41. The minimum Gasteiger partial charge on any atom is -0.478 e. The molecule has 0 spiro atoms. The van der Waals surface area contributed by atoms with Crippen LogP contribution in [0.25, 0.3) is 34.1 Å². The van der Waals surface area contributed by atoms with Crippen LogP contribution in [-0.4, -0.2) is 11.1 Å². The second-order valence-corrected chi connectivity index (χ2v) is 9.14. The van der Waals surface area contributed by atoms with Crippen LogP contribution in [0.2, 0.25) is 0 Å². The number of aryl methyl sites for hydroxylation is 1. The van der Waals surface area contributed by atoms with Crippen molar-refractivity contribution in [3.63, 3.8) is 0 Å². The largest absolute Gasteiger partial charge is 0.478 e. The molecule has 0 atom stereocenters. The third-order valence-corrected chi connectivity index (χ3v) is 6.91. The summed E-state index contributed by atoms with van der Waals surface area (Å²) in [6.45, 7) is 2.10. The Labute approximate surface area is 184 Å². The van der Waals surface area contributed by atoms with Crippen molar-refractivity contribution in [2.75, 3.05) is 0 Å². The Morgan fingerprint density at radius 1 is 0.667 bits per heavy atom. The maximum absolute atomic E-state index is 10.9. The highest BCUT2D eigenvalue weighted by atomic mass is 32.1. The van der Waals surface area contributed by atoms with Gasteiger partial charge in [-0.05, 0) is 66.6 Å². The summed E-state index contributed by atoms with van der Waals surface area (Å²) in [5.41, 5.74) is 3.76. The third kappa shape index (κ3) is 5.03. The van der Waals surface area contributed by atoms with Gasteiger partial charge >= 0.3 is 5.97 Å². The molecule has 30 heavy (non-hydrogen) atoms. The summed E-state index contributed by atoms with van der Waals surface area (Å²) in [6.07, 6.45) is 8.38. The van der Waals surface area contributed by atoms with Crippen molar-refractivity contribution in [2.24, 2.45) is 0 Å². The van der Waals surface area contributed by atoms with Gasteiger partial charge in [0, 0.05) is 19.5 Å². The Kier molecular flexibility index (Phi) is 6.07. The highest BCUT2D eigenvalue weighted by Gasteiger charge is 2.05. The Morgan fingerprint density at radius 3 is 1.60 bits per heavy atom. The van der Waals surface area contributed by atoms with Gasteiger partial charge in [0.05, 0.1) is 5.56 Å². The molecule has 0 saturated heterocycles. The van der Waals surface area contributed by atoms with Crippen molar-refractivity contribution in [1.82, 2.24) is 0 Å². The number of aromatic carboxylic acids is 1. The molecule has 0 aliphatic rings. The lowest BCUT2D eigenvalue weighted by Crippen LogP contribution is -1.94. The molecule has 148 valence electrons. The van der Waals surface area contributed by atoms with Crippen molar-refractivity contribution < 1.29 is 9.90 Å². The van der Waals surface area contributed by atoms with Crippen LogP contribution >= 0.6 is 22.7 Å². The maximum Gasteiger partial charge on any atom is 0.335 e. The first-order chi connectivity index (χ1) is 14.6. The molecule has 4 aromatic rings. The highest BCUT2D eigenvalue weighted by Crippen LogP contribution is 2.35. The molecule has 1 N–H and O–H groups in total. The highest BCUT2D eigenvalue weighted by molar-refractivity contribution is 7.23. The molecule has 0 aliphatic heterocycles. The van der Waals surface area contributed by atoms with Crippen LogP contribution in [0.15, 0.2) is 72.8 Å². The number of thiophene rings is 2. The van der Waals surface area contributed by atoms with Crippen molar-refractivity contribution >= 4 is 52.9 Å². The predicted octanol–water partition coefficient (Wildman–Crippen LogP) is 7.82.